The van der Waals surface area contributed by atoms with E-state index in [4.69, 9.17) is 9.84 Å². The molecular formula is C17H17N3O5. The summed E-state index contributed by atoms with van der Waals surface area (Å²) in [4.78, 5) is 37.3. The second-order valence-corrected chi connectivity index (χ2v) is 5.69. The van der Waals surface area contributed by atoms with E-state index >= 15 is 0 Å². The van der Waals surface area contributed by atoms with Crippen molar-refractivity contribution < 1.29 is 19.4 Å². The number of amides is 1. The van der Waals surface area contributed by atoms with E-state index in [0.29, 0.717) is 5.69 Å². The molecule has 8 heteroatoms. The quantitative estimate of drug-likeness (QED) is 0.869. The minimum atomic E-state index is -1.14. The predicted octanol–water partition coefficient (Wildman–Crippen LogP) is 0.467. The Morgan fingerprint density at radius 3 is 2.68 bits per heavy atom. The van der Waals surface area contributed by atoms with Crippen molar-refractivity contribution in [2.24, 2.45) is 0 Å². The SMILES string of the molecule is Cc1cc(=O)c(C(=O)N2CCOC(C(=O)O)C2)nn1-c1ccccc1. The molecule has 1 aromatic carbocycles. The van der Waals surface area contributed by atoms with Gasteiger partial charge in [0.15, 0.2) is 11.8 Å². The molecule has 0 aliphatic carbocycles. The zero-order valence-corrected chi connectivity index (χ0v) is 13.6. The normalized spacial score (nSPS) is 17.3. The lowest BCUT2D eigenvalue weighted by atomic mass is 10.2. The predicted molar refractivity (Wildman–Crippen MR) is 87.9 cm³/mol. The van der Waals surface area contributed by atoms with Crippen LogP contribution in [0.2, 0.25) is 0 Å². The Morgan fingerprint density at radius 2 is 2.00 bits per heavy atom. The van der Waals surface area contributed by atoms with Crippen LogP contribution in [0.3, 0.4) is 0 Å². The molecule has 8 nitrogen and oxygen atoms in total. The molecule has 0 saturated carbocycles. The maximum absolute atomic E-state index is 12.7. The van der Waals surface area contributed by atoms with Gasteiger partial charge in [0.1, 0.15) is 0 Å². The van der Waals surface area contributed by atoms with Crippen LogP contribution in [-0.4, -0.2) is 57.5 Å². The number of hydrogen-bond acceptors (Lipinski definition) is 5. The number of rotatable bonds is 3. The molecule has 2 aromatic rings. The molecule has 1 saturated heterocycles. The Labute approximate surface area is 143 Å². The molecule has 1 N–H and O–H groups in total. The van der Waals surface area contributed by atoms with Crippen LogP contribution in [0.5, 0.6) is 0 Å². The van der Waals surface area contributed by atoms with Gasteiger partial charge in [-0.15, -0.1) is 0 Å². The molecule has 25 heavy (non-hydrogen) atoms. The summed E-state index contributed by atoms with van der Waals surface area (Å²) < 4.78 is 6.62. The first-order chi connectivity index (χ1) is 12.0. The van der Waals surface area contributed by atoms with E-state index in [1.54, 1.807) is 6.92 Å². The molecule has 3 rings (SSSR count). The van der Waals surface area contributed by atoms with Crippen LogP contribution in [-0.2, 0) is 9.53 Å². The second-order valence-electron chi connectivity index (χ2n) is 5.69. The van der Waals surface area contributed by atoms with E-state index in [0.717, 1.165) is 5.69 Å². The zero-order valence-electron chi connectivity index (χ0n) is 13.6. The maximum atomic E-state index is 12.7. The van der Waals surface area contributed by atoms with E-state index in [1.165, 1.54) is 15.6 Å². The van der Waals surface area contributed by atoms with Gasteiger partial charge in [-0.2, -0.15) is 5.10 Å². The summed E-state index contributed by atoms with van der Waals surface area (Å²) >= 11 is 0. The number of morpholine rings is 1. The van der Waals surface area contributed by atoms with Crippen molar-refractivity contribution in [1.82, 2.24) is 14.7 Å². The minimum Gasteiger partial charge on any atom is -0.479 e. The van der Waals surface area contributed by atoms with Gasteiger partial charge >= 0.3 is 5.97 Å². The van der Waals surface area contributed by atoms with Crippen LogP contribution >= 0.6 is 0 Å². The van der Waals surface area contributed by atoms with Crippen LogP contribution in [0, 0.1) is 6.92 Å². The summed E-state index contributed by atoms with van der Waals surface area (Å²) in [7, 11) is 0. The molecule has 1 aliphatic rings. The molecule has 1 aromatic heterocycles. The smallest absolute Gasteiger partial charge is 0.334 e. The van der Waals surface area contributed by atoms with E-state index in [1.807, 2.05) is 30.3 Å². The maximum Gasteiger partial charge on any atom is 0.334 e. The number of hydrogen-bond donors (Lipinski definition) is 1. The number of benzene rings is 1. The highest BCUT2D eigenvalue weighted by atomic mass is 16.5. The fraction of sp³-hybridized carbons (Fsp3) is 0.294. The van der Waals surface area contributed by atoms with Crippen molar-refractivity contribution in [3.63, 3.8) is 0 Å². The van der Waals surface area contributed by atoms with Crippen molar-refractivity contribution in [2.45, 2.75) is 13.0 Å². The number of carbonyl (C=O) groups is 2. The largest absolute Gasteiger partial charge is 0.479 e. The number of para-hydroxylation sites is 1. The third kappa shape index (κ3) is 3.43. The van der Waals surface area contributed by atoms with E-state index < -0.39 is 23.4 Å². The lowest BCUT2D eigenvalue weighted by Gasteiger charge is -2.30. The first-order valence-corrected chi connectivity index (χ1v) is 7.77. The van der Waals surface area contributed by atoms with Gasteiger partial charge in [-0.3, -0.25) is 9.59 Å². The average molecular weight is 343 g/mol. The van der Waals surface area contributed by atoms with Crippen LogP contribution < -0.4 is 5.43 Å². The fourth-order valence-electron chi connectivity index (χ4n) is 2.66. The molecule has 1 aliphatic heterocycles. The Morgan fingerprint density at radius 1 is 1.28 bits per heavy atom. The van der Waals surface area contributed by atoms with Gasteiger partial charge in [-0.25, -0.2) is 9.48 Å². The summed E-state index contributed by atoms with van der Waals surface area (Å²) in [5.74, 6) is -1.74. The first kappa shape index (κ1) is 16.8. The number of ether oxygens (including phenoxy) is 1. The number of aliphatic carboxylic acids is 1. The third-order valence-electron chi connectivity index (χ3n) is 3.94. The summed E-state index contributed by atoms with van der Waals surface area (Å²) in [6.45, 7) is 1.92. The van der Waals surface area contributed by atoms with Crippen molar-refractivity contribution >= 4 is 11.9 Å². The van der Waals surface area contributed by atoms with E-state index in [-0.39, 0.29) is 25.4 Å². The number of aromatic nitrogens is 2. The summed E-state index contributed by atoms with van der Waals surface area (Å²) in [6.07, 6.45) is -1.10. The zero-order chi connectivity index (χ0) is 18.0. The topological polar surface area (TPSA) is 102 Å². The lowest BCUT2D eigenvalue weighted by Crippen LogP contribution is -2.49. The molecule has 0 radical (unpaired) electrons. The first-order valence-electron chi connectivity index (χ1n) is 7.77. The highest BCUT2D eigenvalue weighted by Gasteiger charge is 2.31. The van der Waals surface area contributed by atoms with Gasteiger partial charge in [0.05, 0.1) is 18.8 Å². The Bertz CT molecular complexity index is 862. The molecular weight excluding hydrogens is 326 g/mol. The van der Waals surface area contributed by atoms with Crippen LogP contribution in [0.15, 0.2) is 41.2 Å². The minimum absolute atomic E-state index is 0.0987. The molecule has 1 fully saturated rings. The Hall–Kier alpha value is -3.00. The molecule has 1 atom stereocenters. The van der Waals surface area contributed by atoms with Gasteiger partial charge in [-0.05, 0) is 19.1 Å². The van der Waals surface area contributed by atoms with E-state index in [2.05, 4.69) is 5.10 Å². The second kappa shape index (κ2) is 6.86. The van der Waals surface area contributed by atoms with Gasteiger partial charge < -0.3 is 14.7 Å². The average Bonchev–Trinajstić information content (AvgIpc) is 2.62. The summed E-state index contributed by atoms with van der Waals surface area (Å²) in [5, 5.41) is 13.3. The number of carboxylic acid groups (broad SMARTS) is 1. The Balaban J connectivity index is 1.95. The molecule has 0 bridgehead atoms. The standard InChI is InChI=1S/C17H17N3O5/c1-11-9-13(21)15(18-20(11)12-5-3-2-4-6-12)16(22)19-7-8-25-14(10-19)17(23)24/h2-6,9,14H,7-8,10H2,1H3,(H,23,24). The van der Waals surface area contributed by atoms with Crippen LogP contribution in [0.1, 0.15) is 16.2 Å². The molecule has 0 spiro atoms. The highest BCUT2D eigenvalue weighted by molar-refractivity contribution is 5.92. The van der Waals surface area contributed by atoms with Gasteiger partial charge in [0.2, 0.25) is 5.43 Å². The van der Waals surface area contributed by atoms with Crippen LogP contribution in [0.25, 0.3) is 5.69 Å². The molecule has 2 heterocycles. The molecule has 1 unspecified atom stereocenters. The van der Waals surface area contributed by atoms with Crippen molar-refractivity contribution in [3.8, 4) is 5.69 Å². The van der Waals surface area contributed by atoms with Crippen LogP contribution in [0.4, 0.5) is 0 Å². The Kier molecular flexibility index (Phi) is 4.62. The number of nitrogens with zero attached hydrogens (tertiary/aromatic N) is 3. The summed E-state index contributed by atoms with van der Waals surface area (Å²) in [6, 6.07) is 10.5. The van der Waals surface area contributed by atoms with E-state index in [9.17, 15) is 14.4 Å². The van der Waals surface area contributed by atoms with Crippen molar-refractivity contribution in [3.05, 3.63) is 58.0 Å². The molecule has 1 amide bonds. The van der Waals surface area contributed by atoms with Gasteiger partial charge in [0.25, 0.3) is 5.91 Å². The number of carbonyl (C=O) groups excluding carboxylic acids is 1. The number of aryl methyl sites for hydroxylation is 1. The summed E-state index contributed by atoms with van der Waals surface area (Å²) in [5.41, 5.74) is 0.589. The van der Waals surface area contributed by atoms with Crippen molar-refractivity contribution in [2.75, 3.05) is 19.7 Å². The third-order valence-corrected chi connectivity index (χ3v) is 3.94. The lowest BCUT2D eigenvalue weighted by molar-refractivity contribution is -0.154. The fourth-order valence-corrected chi connectivity index (χ4v) is 2.66. The van der Waals surface area contributed by atoms with Crippen molar-refractivity contribution in [1.29, 1.82) is 0 Å². The highest BCUT2D eigenvalue weighted by Crippen LogP contribution is 2.11. The monoisotopic (exact) mass is 343 g/mol. The van der Waals surface area contributed by atoms with Gasteiger partial charge in [0, 0.05) is 18.3 Å². The van der Waals surface area contributed by atoms with Gasteiger partial charge in [-0.1, -0.05) is 18.2 Å². The number of carboxylic acids is 1. The molecule has 130 valence electrons.